The Morgan fingerprint density at radius 1 is 1.00 bits per heavy atom. The number of likely N-dealkylation sites (tertiary alicyclic amines) is 1. The second-order valence-electron chi connectivity index (χ2n) is 8.23. The van der Waals surface area contributed by atoms with Crippen molar-refractivity contribution < 1.29 is 9.59 Å². The molecule has 2 aliphatic heterocycles. The zero-order valence-electron chi connectivity index (χ0n) is 17.8. The molecule has 170 valence electrons. The number of rotatable bonds is 5. The first-order valence-corrected chi connectivity index (χ1v) is 11.7. The number of halogens is 2. The van der Waals surface area contributed by atoms with Gasteiger partial charge in [0.05, 0.1) is 16.6 Å². The monoisotopic (exact) mass is 475 g/mol. The zero-order valence-corrected chi connectivity index (χ0v) is 19.4. The number of hydrogen-bond acceptors (Lipinski definition) is 5. The molecule has 9 heteroatoms. The maximum absolute atomic E-state index is 12.8. The van der Waals surface area contributed by atoms with Crippen molar-refractivity contribution in [3.05, 3.63) is 52.6 Å². The highest BCUT2D eigenvalue weighted by Gasteiger charge is 2.29. The Morgan fingerprint density at radius 3 is 2.34 bits per heavy atom. The van der Waals surface area contributed by atoms with E-state index < -0.39 is 0 Å². The van der Waals surface area contributed by atoms with Crippen LogP contribution < -0.4 is 10.2 Å². The predicted octanol–water partition coefficient (Wildman–Crippen LogP) is 3.39. The van der Waals surface area contributed by atoms with Crippen LogP contribution in [-0.2, 0) is 9.59 Å². The fourth-order valence-corrected chi connectivity index (χ4v) is 4.71. The van der Waals surface area contributed by atoms with Gasteiger partial charge in [-0.15, -0.1) is 0 Å². The number of nitrogens with one attached hydrogen (secondary N) is 1. The Bertz CT molecular complexity index is 943. The van der Waals surface area contributed by atoms with Crippen LogP contribution in [0.5, 0.6) is 0 Å². The molecule has 2 aromatic rings. The van der Waals surface area contributed by atoms with Crippen molar-refractivity contribution in [2.24, 2.45) is 5.92 Å². The number of aromatic nitrogens is 1. The Balaban J connectivity index is 1.20. The molecule has 0 spiro atoms. The molecular weight excluding hydrogens is 449 g/mol. The van der Waals surface area contributed by atoms with Crippen LogP contribution in [0.15, 0.2) is 42.6 Å². The summed E-state index contributed by atoms with van der Waals surface area (Å²) >= 11 is 12.2. The van der Waals surface area contributed by atoms with Gasteiger partial charge in [0.15, 0.2) is 0 Å². The molecule has 2 fully saturated rings. The molecule has 1 aromatic heterocycles. The number of nitrogens with zero attached hydrogens (tertiary/aromatic N) is 4. The molecule has 0 radical (unpaired) electrons. The van der Waals surface area contributed by atoms with E-state index in [9.17, 15) is 9.59 Å². The van der Waals surface area contributed by atoms with Crippen molar-refractivity contribution in [3.63, 3.8) is 0 Å². The average molecular weight is 476 g/mol. The highest BCUT2D eigenvalue weighted by Crippen LogP contribution is 2.27. The maximum Gasteiger partial charge on any atom is 0.236 e. The Hall–Kier alpha value is -2.35. The van der Waals surface area contributed by atoms with E-state index in [0.717, 1.165) is 37.7 Å². The van der Waals surface area contributed by atoms with E-state index in [1.807, 2.05) is 35.2 Å². The van der Waals surface area contributed by atoms with Crippen LogP contribution in [0.1, 0.15) is 12.8 Å². The van der Waals surface area contributed by atoms with Crippen molar-refractivity contribution in [2.75, 3.05) is 56.0 Å². The fourth-order valence-electron chi connectivity index (χ4n) is 4.21. The van der Waals surface area contributed by atoms with Gasteiger partial charge in [-0.05, 0) is 31.0 Å². The van der Waals surface area contributed by atoms with Gasteiger partial charge >= 0.3 is 0 Å². The number of para-hydroxylation sites is 1. The van der Waals surface area contributed by atoms with E-state index in [0.29, 0.717) is 42.5 Å². The van der Waals surface area contributed by atoms with E-state index in [4.69, 9.17) is 23.2 Å². The first-order chi connectivity index (χ1) is 15.5. The molecule has 0 bridgehead atoms. The number of amides is 2. The summed E-state index contributed by atoms with van der Waals surface area (Å²) in [6.07, 6.45) is 2.99. The highest BCUT2D eigenvalue weighted by molar-refractivity contribution is 6.36. The van der Waals surface area contributed by atoms with Gasteiger partial charge in [0.25, 0.3) is 0 Å². The lowest BCUT2D eigenvalue weighted by Gasteiger charge is -2.37. The van der Waals surface area contributed by atoms with E-state index in [-0.39, 0.29) is 17.7 Å². The number of carbonyl (C=O) groups is 2. The Labute approximate surface area is 198 Å². The molecule has 7 nitrogen and oxygen atoms in total. The number of anilines is 2. The van der Waals surface area contributed by atoms with Gasteiger partial charge in [0, 0.05) is 57.1 Å². The normalized spacial score (nSPS) is 17.9. The third-order valence-electron chi connectivity index (χ3n) is 6.08. The van der Waals surface area contributed by atoms with Gasteiger partial charge in [0.1, 0.15) is 5.82 Å². The standard InChI is InChI=1S/C23H27Cl2N5O2/c24-18-14-20(25)22(26-15-18)30-12-10-28(11-13-30)16-21(31)29-8-6-17(7-9-29)23(32)27-19-4-2-1-3-5-19/h1-5,14-15,17H,6-13,16H2,(H,27,32). The lowest BCUT2D eigenvalue weighted by molar-refractivity contribution is -0.135. The van der Waals surface area contributed by atoms with Crippen LogP contribution in [0.2, 0.25) is 10.0 Å². The fraction of sp³-hybridized carbons (Fsp3) is 0.435. The number of carbonyl (C=O) groups excluding carboxylic acids is 2. The summed E-state index contributed by atoms with van der Waals surface area (Å²) in [4.78, 5) is 35.8. The van der Waals surface area contributed by atoms with E-state index in [2.05, 4.69) is 20.1 Å². The van der Waals surface area contributed by atoms with Crippen LogP contribution in [0.25, 0.3) is 0 Å². The van der Waals surface area contributed by atoms with Crippen LogP contribution in [0, 0.1) is 5.92 Å². The van der Waals surface area contributed by atoms with E-state index in [1.54, 1.807) is 12.3 Å². The lowest BCUT2D eigenvalue weighted by atomic mass is 9.95. The smallest absolute Gasteiger partial charge is 0.236 e. The van der Waals surface area contributed by atoms with Gasteiger partial charge in [0.2, 0.25) is 11.8 Å². The van der Waals surface area contributed by atoms with Crippen molar-refractivity contribution in [3.8, 4) is 0 Å². The molecular formula is C23H27Cl2N5O2. The molecule has 0 aliphatic carbocycles. The molecule has 3 heterocycles. The molecule has 1 aromatic carbocycles. The van der Waals surface area contributed by atoms with Crippen molar-refractivity contribution in [1.29, 1.82) is 0 Å². The van der Waals surface area contributed by atoms with Gasteiger partial charge in [-0.25, -0.2) is 4.98 Å². The van der Waals surface area contributed by atoms with Gasteiger partial charge in [-0.2, -0.15) is 0 Å². The number of pyridine rings is 1. The number of hydrogen-bond donors (Lipinski definition) is 1. The maximum atomic E-state index is 12.8. The molecule has 2 aliphatic rings. The molecule has 0 atom stereocenters. The lowest BCUT2D eigenvalue weighted by Crippen LogP contribution is -2.51. The van der Waals surface area contributed by atoms with Crippen molar-refractivity contribution in [1.82, 2.24) is 14.8 Å². The third-order valence-corrected chi connectivity index (χ3v) is 6.56. The number of benzene rings is 1. The minimum absolute atomic E-state index is 0.0360. The zero-order chi connectivity index (χ0) is 22.5. The topological polar surface area (TPSA) is 68.8 Å². The second-order valence-corrected chi connectivity index (χ2v) is 9.08. The van der Waals surface area contributed by atoms with Gasteiger partial charge < -0.3 is 15.1 Å². The molecule has 0 saturated carbocycles. The minimum Gasteiger partial charge on any atom is -0.353 e. The first-order valence-electron chi connectivity index (χ1n) is 10.9. The summed E-state index contributed by atoms with van der Waals surface area (Å²) in [6.45, 7) is 4.68. The SMILES string of the molecule is O=C(Nc1ccccc1)C1CCN(C(=O)CN2CCN(c3ncc(Cl)cc3Cl)CC2)CC1. The molecule has 2 saturated heterocycles. The van der Waals surface area contributed by atoms with Crippen LogP contribution >= 0.6 is 23.2 Å². The molecule has 32 heavy (non-hydrogen) atoms. The quantitative estimate of drug-likeness (QED) is 0.717. The molecule has 2 amide bonds. The molecule has 0 unspecified atom stereocenters. The van der Waals surface area contributed by atoms with Gasteiger partial charge in [-0.3, -0.25) is 14.5 Å². The summed E-state index contributed by atoms with van der Waals surface area (Å²) in [5.74, 6) is 0.842. The highest BCUT2D eigenvalue weighted by atomic mass is 35.5. The van der Waals surface area contributed by atoms with E-state index in [1.165, 1.54) is 0 Å². The van der Waals surface area contributed by atoms with Crippen molar-refractivity contribution >= 4 is 46.5 Å². The second kappa shape index (κ2) is 10.5. The summed E-state index contributed by atoms with van der Waals surface area (Å²) in [5.41, 5.74) is 0.810. The molecule has 1 N–H and O–H groups in total. The van der Waals surface area contributed by atoms with Crippen LogP contribution in [0.4, 0.5) is 11.5 Å². The van der Waals surface area contributed by atoms with Crippen LogP contribution in [0.3, 0.4) is 0 Å². The number of piperidine rings is 1. The predicted molar refractivity (Wildman–Crippen MR) is 127 cm³/mol. The summed E-state index contributed by atoms with van der Waals surface area (Å²) < 4.78 is 0. The average Bonchev–Trinajstić information content (AvgIpc) is 2.80. The Morgan fingerprint density at radius 2 is 1.69 bits per heavy atom. The minimum atomic E-state index is -0.0561. The third kappa shape index (κ3) is 5.71. The van der Waals surface area contributed by atoms with Crippen LogP contribution in [-0.4, -0.2) is 72.4 Å². The van der Waals surface area contributed by atoms with Gasteiger partial charge in [-0.1, -0.05) is 41.4 Å². The van der Waals surface area contributed by atoms with Crippen molar-refractivity contribution in [2.45, 2.75) is 12.8 Å². The van der Waals surface area contributed by atoms with E-state index >= 15 is 0 Å². The largest absolute Gasteiger partial charge is 0.353 e. The number of piperazine rings is 1. The summed E-state index contributed by atoms with van der Waals surface area (Å²) in [6, 6.07) is 11.2. The Kier molecular flexibility index (Phi) is 7.50. The summed E-state index contributed by atoms with van der Waals surface area (Å²) in [7, 11) is 0. The summed E-state index contributed by atoms with van der Waals surface area (Å²) in [5, 5.41) is 4.03. The first kappa shape index (κ1) is 22.8. The molecule has 4 rings (SSSR count).